The molecule has 0 radical (unpaired) electrons. The standard InChI is InChI=1S/C11H19N3O2/c1-3-6-13(10-11(15)16-2)8-9-14-7-4-5-12-14/h4-5,7H,3,6,8-10H2,1-2H3. The van der Waals surface area contributed by atoms with Crippen LogP contribution in [0.1, 0.15) is 13.3 Å². The van der Waals surface area contributed by atoms with Gasteiger partial charge in [-0.25, -0.2) is 0 Å². The Morgan fingerprint density at radius 1 is 1.50 bits per heavy atom. The zero-order valence-corrected chi connectivity index (χ0v) is 9.93. The lowest BCUT2D eigenvalue weighted by molar-refractivity contribution is -0.141. The van der Waals surface area contributed by atoms with Gasteiger partial charge in [0.05, 0.1) is 20.2 Å². The van der Waals surface area contributed by atoms with Crippen LogP contribution < -0.4 is 0 Å². The Hall–Kier alpha value is -1.36. The number of methoxy groups -OCH3 is 1. The molecule has 0 spiro atoms. The van der Waals surface area contributed by atoms with Crippen LogP contribution in [-0.4, -0.2) is 47.4 Å². The highest BCUT2D eigenvalue weighted by atomic mass is 16.5. The second kappa shape index (κ2) is 7.00. The number of carbonyl (C=O) groups is 1. The molecule has 0 bridgehead atoms. The van der Waals surface area contributed by atoms with Crippen molar-refractivity contribution >= 4 is 5.97 Å². The normalized spacial score (nSPS) is 10.7. The van der Waals surface area contributed by atoms with E-state index in [0.717, 1.165) is 26.1 Å². The Labute approximate surface area is 96.0 Å². The number of hydrogen-bond donors (Lipinski definition) is 0. The van der Waals surface area contributed by atoms with Crippen LogP contribution >= 0.6 is 0 Å². The first-order chi connectivity index (χ1) is 7.76. The van der Waals surface area contributed by atoms with Crippen molar-refractivity contribution in [3.63, 3.8) is 0 Å². The summed E-state index contributed by atoms with van der Waals surface area (Å²) in [6.07, 6.45) is 4.70. The lowest BCUT2D eigenvalue weighted by Gasteiger charge is -2.19. The molecule has 0 N–H and O–H groups in total. The van der Waals surface area contributed by atoms with Crippen LogP contribution in [0.15, 0.2) is 18.5 Å². The predicted molar refractivity (Wildman–Crippen MR) is 61.0 cm³/mol. The van der Waals surface area contributed by atoms with Gasteiger partial charge in [-0.05, 0) is 19.0 Å². The molecule has 0 fully saturated rings. The van der Waals surface area contributed by atoms with Crippen LogP contribution in [0.4, 0.5) is 0 Å². The molecule has 0 saturated carbocycles. The monoisotopic (exact) mass is 225 g/mol. The van der Waals surface area contributed by atoms with Gasteiger partial charge in [0.15, 0.2) is 0 Å². The van der Waals surface area contributed by atoms with Crippen LogP contribution in [0, 0.1) is 0 Å². The molecule has 0 aromatic carbocycles. The zero-order valence-electron chi connectivity index (χ0n) is 9.93. The number of nitrogens with zero attached hydrogens (tertiary/aromatic N) is 3. The Kier molecular flexibility index (Phi) is 5.56. The minimum absolute atomic E-state index is 0.186. The zero-order chi connectivity index (χ0) is 11.8. The van der Waals surface area contributed by atoms with Crippen molar-refractivity contribution in [1.82, 2.24) is 14.7 Å². The molecule has 5 nitrogen and oxygen atoms in total. The third-order valence-corrected chi connectivity index (χ3v) is 2.32. The Morgan fingerprint density at radius 2 is 2.31 bits per heavy atom. The molecule has 0 unspecified atom stereocenters. The second-order valence-corrected chi connectivity index (χ2v) is 3.62. The van der Waals surface area contributed by atoms with Crippen LogP contribution in [0.2, 0.25) is 0 Å². The van der Waals surface area contributed by atoms with Gasteiger partial charge in [0, 0.05) is 18.9 Å². The summed E-state index contributed by atoms with van der Waals surface area (Å²) in [5.41, 5.74) is 0. The number of hydrogen-bond acceptors (Lipinski definition) is 4. The first-order valence-electron chi connectivity index (χ1n) is 5.53. The summed E-state index contributed by atoms with van der Waals surface area (Å²) >= 11 is 0. The van der Waals surface area contributed by atoms with E-state index in [-0.39, 0.29) is 5.97 Å². The van der Waals surface area contributed by atoms with Crippen molar-refractivity contribution in [2.24, 2.45) is 0 Å². The van der Waals surface area contributed by atoms with Crippen molar-refractivity contribution in [2.75, 3.05) is 26.7 Å². The summed E-state index contributed by atoms with van der Waals surface area (Å²) < 4.78 is 6.52. The topological polar surface area (TPSA) is 47.4 Å². The minimum Gasteiger partial charge on any atom is -0.468 e. The molecule has 0 aliphatic rings. The van der Waals surface area contributed by atoms with E-state index in [1.807, 2.05) is 16.9 Å². The van der Waals surface area contributed by atoms with Crippen molar-refractivity contribution in [2.45, 2.75) is 19.9 Å². The quantitative estimate of drug-likeness (QED) is 0.643. The highest BCUT2D eigenvalue weighted by Crippen LogP contribution is 1.95. The Morgan fingerprint density at radius 3 is 2.88 bits per heavy atom. The maximum absolute atomic E-state index is 11.2. The third-order valence-electron chi connectivity index (χ3n) is 2.32. The van der Waals surface area contributed by atoms with E-state index in [1.165, 1.54) is 7.11 Å². The minimum atomic E-state index is -0.186. The van der Waals surface area contributed by atoms with Gasteiger partial charge in [-0.2, -0.15) is 5.10 Å². The molecule has 0 atom stereocenters. The number of ether oxygens (including phenoxy) is 1. The maximum atomic E-state index is 11.2. The van der Waals surface area contributed by atoms with E-state index >= 15 is 0 Å². The van der Waals surface area contributed by atoms with Crippen LogP contribution in [0.25, 0.3) is 0 Å². The van der Waals surface area contributed by atoms with Gasteiger partial charge in [-0.3, -0.25) is 14.4 Å². The van der Waals surface area contributed by atoms with E-state index in [2.05, 4.69) is 21.7 Å². The average molecular weight is 225 g/mol. The van der Waals surface area contributed by atoms with E-state index in [4.69, 9.17) is 0 Å². The Balaban J connectivity index is 2.35. The predicted octanol–water partition coefficient (Wildman–Crippen LogP) is 0.768. The molecule has 1 aromatic rings. The molecule has 0 aliphatic carbocycles. The summed E-state index contributed by atoms with van der Waals surface area (Å²) in [6, 6.07) is 1.89. The molecule has 5 heteroatoms. The number of esters is 1. The first kappa shape index (κ1) is 12.7. The summed E-state index contributed by atoms with van der Waals surface area (Å²) in [6.45, 7) is 4.95. The molecular weight excluding hydrogens is 206 g/mol. The van der Waals surface area contributed by atoms with Crippen LogP contribution in [0.5, 0.6) is 0 Å². The third kappa shape index (κ3) is 4.44. The first-order valence-corrected chi connectivity index (χ1v) is 5.53. The molecule has 1 aromatic heterocycles. The number of carbonyl (C=O) groups excluding carboxylic acids is 1. The molecule has 1 rings (SSSR count). The highest BCUT2D eigenvalue weighted by Gasteiger charge is 2.09. The molecular formula is C11H19N3O2. The van der Waals surface area contributed by atoms with Crippen molar-refractivity contribution in [1.29, 1.82) is 0 Å². The van der Waals surface area contributed by atoms with Crippen molar-refractivity contribution < 1.29 is 9.53 Å². The van der Waals surface area contributed by atoms with E-state index in [9.17, 15) is 4.79 Å². The molecule has 0 amide bonds. The lowest BCUT2D eigenvalue weighted by Crippen LogP contribution is -2.34. The molecule has 90 valence electrons. The van der Waals surface area contributed by atoms with Gasteiger partial charge >= 0.3 is 5.97 Å². The van der Waals surface area contributed by atoms with Gasteiger partial charge in [-0.1, -0.05) is 6.92 Å². The fraction of sp³-hybridized carbons (Fsp3) is 0.636. The lowest BCUT2D eigenvalue weighted by atomic mass is 10.4. The van der Waals surface area contributed by atoms with Crippen molar-refractivity contribution in [3.8, 4) is 0 Å². The molecule has 1 heterocycles. The number of rotatable bonds is 7. The van der Waals surface area contributed by atoms with E-state index in [1.54, 1.807) is 6.20 Å². The smallest absolute Gasteiger partial charge is 0.319 e. The van der Waals surface area contributed by atoms with E-state index in [0.29, 0.717) is 6.54 Å². The fourth-order valence-corrected chi connectivity index (χ4v) is 1.51. The van der Waals surface area contributed by atoms with E-state index < -0.39 is 0 Å². The summed E-state index contributed by atoms with van der Waals surface area (Å²) in [5, 5.41) is 4.12. The fourth-order valence-electron chi connectivity index (χ4n) is 1.51. The number of aromatic nitrogens is 2. The largest absolute Gasteiger partial charge is 0.468 e. The van der Waals surface area contributed by atoms with Gasteiger partial charge in [0.2, 0.25) is 0 Å². The highest BCUT2D eigenvalue weighted by molar-refractivity contribution is 5.71. The SMILES string of the molecule is CCCN(CCn1cccn1)CC(=O)OC. The van der Waals surface area contributed by atoms with Gasteiger partial charge in [0.25, 0.3) is 0 Å². The average Bonchev–Trinajstić information content (AvgIpc) is 2.79. The van der Waals surface area contributed by atoms with Gasteiger partial charge in [0.1, 0.15) is 0 Å². The Bertz CT molecular complexity index is 298. The van der Waals surface area contributed by atoms with Gasteiger partial charge < -0.3 is 4.74 Å². The second-order valence-electron chi connectivity index (χ2n) is 3.62. The van der Waals surface area contributed by atoms with Crippen LogP contribution in [0.3, 0.4) is 0 Å². The molecule has 0 saturated heterocycles. The molecule has 16 heavy (non-hydrogen) atoms. The summed E-state index contributed by atoms with van der Waals surface area (Å²) in [7, 11) is 1.42. The van der Waals surface area contributed by atoms with Gasteiger partial charge in [-0.15, -0.1) is 0 Å². The molecule has 0 aliphatic heterocycles. The maximum Gasteiger partial charge on any atom is 0.319 e. The van der Waals surface area contributed by atoms with Crippen LogP contribution in [-0.2, 0) is 16.1 Å². The van der Waals surface area contributed by atoms with Crippen molar-refractivity contribution in [3.05, 3.63) is 18.5 Å². The summed E-state index contributed by atoms with van der Waals surface area (Å²) in [4.78, 5) is 13.2. The summed E-state index contributed by atoms with van der Waals surface area (Å²) in [5.74, 6) is -0.186.